The largest absolute Gasteiger partial charge is 0.355 e. The molecule has 0 bridgehead atoms. The zero-order chi connectivity index (χ0) is 13.7. The van der Waals surface area contributed by atoms with Gasteiger partial charge in [-0.25, -0.2) is 9.97 Å². The Kier molecular flexibility index (Phi) is 4.06. The average molecular weight is 253 g/mol. The quantitative estimate of drug-likeness (QED) is 0.844. The predicted molar refractivity (Wildman–Crippen MR) is 74.4 cm³/mol. The SMILES string of the molecule is CN(C)CNc1ncc(-c2ccccc2)nc1C#N. The van der Waals surface area contributed by atoms with Gasteiger partial charge in [-0.15, -0.1) is 0 Å². The van der Waals surface area contributed by atoms with E-state index in [0.717, 1.165) is 5.56 Å². The van der Waals surface area contributed by atoms with Crippen LogP contribution in [0.1, 0.15) is 5.69 Å². The van der Waals surface area contributed by atoms with Crippen LogP contribution in [-0.2, 0) is 0 Å². The average Bonchev–Trinajstić information content (AvgIpc) is 2.45. The number of anilines is 1. The molecule has 0 amide bonds. The molecule has 0 fully saturated rings. The second-order valence-electron chi connectivity index (χ2n) is 4.34. The van der Waals surface area contributed by atoms with Gasteiger partial charge < -0.3 is 5.32 Å². The summed E-state index contributed by atoms with van der Waals surface area (Å²) in [7, 11) is 3.87. The van der Waals surface area contributed by atoms with E-state index in [1.807, 2.05) is 49.3 Å². The molecule has 2 aromatic rings. The number of rotatable bonds is 4. The monoisotopic (exact) mass is 253 g/mol. The Morgan fingerprint density at radius 2 is 2.00 bits per heavy atom. The molecule has 19 heavy (non-hydrogen) atoms. The third kappa shape index (κ3) is 3.27. The van der Waals surface area contributed by atoms with Crippen molar-refractivity contribution in [3.63, 3.8) is 0 Å². The Balaban J connectivity index is 2.29. The normalized spacial score (nSPS) is 10.2. The second-order valence-corrected chi connectivity index (χ2v) is 4.34. The maximum atomic E-state index is 9.15. The lowest BCUT2D eigenvalue weighted by atomic mass is 10.1. The second kappa shape index (κ2) is 5.94. The van der Waals surface area contributed by atoms with Gasteiger partial charge in [0.05, 0.1) is 18.6 Å². The van der Waals surface area contributed by atoms with Crippen LogP contribution in [0.5, 0.6) is 0 Å². The fourth-order valence-electron chi connectivity index (χ4n) is 1.58. The molecule has 1 aromatic carbocycles. The molecule has 1 aromatic heterocycles. The van der Waals surface area contributed by atoms with Crippen molar-refractivity contribution < 1.29 is 0 Å². The molecule has 0 aliphatic heterocycles. The molecular weight excluding hydrogens is 238 g/mol. The highest BCUT2D eigenvalue weighted by atomic mass is 15.2. The maximum absolute atomic E-state index is 9.15. The van der Waals surface area contributed by atoms with Gasteiger partial charge in [-0.3, -0.25) is 4.90 Å². The fourth-order valence-corrected chi connectivity index (χ4v) is 1.58. The molecule has 96 valence electrons. The first kappa shape index (κ1) is 13.0. The van der Waals surface area contributed by atoms with Gasteiger partial charge in [-0.2, -0.15) is 5.26 Å². The Morgan fingerprint density at radius 1 is 1.26 bits per heavy atom. The summed E-state index contributed by atoms with van der Waals surface area (Å²) in [5, 5.41) is 12.2. The van der Waals surface area contributed by atoms with Crippen LogP contribution in [-0.4, -0.2) is 35.6 Å². The number of aromatic nitrogens is 2. The smallest absolute Gasteiger partial charge is 0.183 e. The van der Waals surface area contributed by atoms with Crippen LogP contribution in [0.3, 0.4) is 0 Å². The lowest BCUT2D eigenvalue weighted by Gasteiger charge is -2.12. The third-order valence-corrected chi connectivity index (χ3v) is 2.51. The maximum Gasteiger partial charge on any atom is 0.183 e. The molecule has 1 N–H and O–H groups in total. The lowest BCUT2D eigenvalue weighted by Crippen LogP contribution is -2.21. The Bertz CT molecular complexity index is 587. The van der Waals surface area contributed by atoms with E-state index in [9.17, 15) is 0 Å². The van der Waals surface area contributed by atoms with E-state index in [4.69, 9.17) is 5.26 Å². The van der Waals surface area contributed by atoms with Crippen LogP contribution < -0.4 is 5.32 Å². The molecule has 0 saturated carbocycles. The first-order chi connectivity index (χ1) is 9.20. The van der Waals surface area contributed by atoms with Crippen molar-refractivity contribution in [3.8, 4) is 17.3 Å². The van der Waals surface area contributed by atoms with Gasteiger partial charge in [-0.05, 0) is 14.1 Å². The standard InChI is InChI=1S/C14H15N5/c1-19(2)10-17-14-12(8-15)18-13(9-16-14)11-6-4-3-5-7-11/h3-7,9H,10H2,1-2H3,(H,16,17). The minimum atomic E-state index is 0.309. The first-order valence-electron chi connectivity index (χ1n) is 5.92. The van der Waals surface area contributed by atoms with Crippen molar-refractivity contribution in [2.45, 2.75) is 0 Å². The van der Waals surface area contributed by atoms with Crippen LogP contribution in [0.2, 0.25) is 0 Å². The third-order valence-electron chi connectivity index (χ3n) is 2.51. The summed E-state index contributed by atoms with van der Waals surface area (Å²) in [6.45, 7) is 0.605. The molecule has 2 rings (SSSR count). The minimum Gasteiger partial charge on any atom is -0.355 e. The molecule has 0 aliphatic rings. The number of nitrogens with one attached hydrogen (secondary N) is 1. The zero-order valence-electron chi connectivity index (χ0n) is 11.0. The van der Waals surface area contributed by atoms with E-state index in [0.29, 0.717) is 23.9 Å². The van der Waals surface area contributed by atoms with E-state index in [2.05, 4.69) is 21.4 Å². The number of nitrogens with zero attached hydrogens (tertiary/aromatic N) is 4. The Morgan fingerprint density at radius 3 is 2.63 bits per heavy atom. The summed E-state index contributed by atoms with van der Waals surface area (Å²) in [6.07, 6.45) is 1.67. The Hall–Kier alpha value is -2.45. The van der Waals surface area contributed by atoms with Crippen LogP contribution in [0.15, 0.2) is 36.5 Å². The van der Waals surface area contributed by atoms with Gasteiger partial charge in [0.15, 0.2) is 11.5 Å². The number of benzene rings is 1. The molecule has 0 radical (unpaired) electrons. The van der Waals surface area contributed by atoms with E-state index >= 15 is 0 Å². The molecule has 5 nitrogen and oxygen atoms in total. The van der Waals surface area contributed by atoms with E-state index < -0.39 is 0 Å². The molecule has 0 saturated heterocycles. The van der Waals surface area contributed by atoms with Gasteiger partial charge in [0.25, 0.3) is 0 Å². The molecule has 0 aliphatic carbocycles. The lowest BCUT2D eigenvalue weighted by molar-refractivity contribution is 0.439. The fraction of sp³-hybridized carbons (Fsp3) is 0.214. The topological polar surface area (TPSA) is 64.8 Å². The zero-order valence-corrected chi connectivity index (χ0v) is 11.0. The van der Waals surface area contributed by atoms with E-state index in [-0.39, 0.29) is 0 Å². The van der Waals surface area contributed by atoms with Crippen LogP contribution >= 0.6 is 0 Å². The summed E-state index contributed by atoms with van der Waals surface area (Å²) < 4.78 is 0. The molecule has 5 heteroatoms. The molecular formula is C14H15N5. The molecule has 0 unspecified atom stereocenters. The van der Waals surface area contributed by atoms with Gasteiger partial charge in [0, 0.05) is 5.56 Å². The molecule has 0 spiro atoms. The predicted octanol–water partition coefficient (Wildman–Crippen LogP) is 1.95. The van der Waals surface area contributed by atoms with Crippen molar-refractivity contribution in [1.29, 1.82) is 5.26 Å². The highest BCUT2D eigenvalue weighted by Crippen LogP contribution is 2.18. The summed E-state index contributed by atoms with van der Waals surface area (Å²) >= 11 is 0. The van der Waals surface area contributed by atoms with Crippen molar-refractivity contribution in [2.75, 3.05) is 26.1 Å². The number of hydrogen-bond acceptors (Lipinski definition) is 5. The van der Waals surface area contributed by atoms with E-state index in [1.165, 1.54) is 0 Å². The van der Waals surface area contributed by atoms with Crippen LogP contribution in [0.25, 0.3) is 11.3 Å². The van der Waals surface area contributed by atoms with Crippen LogP contribution in [0.4, 0.5) is 5.82 Å². The van der Waals surface area contributed by atoms with Gasteiger partial charge >= 0.3 is 0 Å². The van der Waals surface area contributed by atoms with Crippen molar-refractivity contribution in [3.05, 3.63) is 42.2 Å². The summed E-state index contributed by atoms with van der Waals surface area (Å²) in [5.74, 6) is 0.510. The highest BCUT2D eigenvalue weighted by Gasteiger charge is 2.08. The van der Waals surface area contributed by atoms with Crippen molar-refractivity contribution in [1.82, 2.24) is 14.9 Å². The van der Waals surface area contributed by atoms with E-state index in [1.54, 1.807) is 6.20 Å². The highest BCUT2D eigenvalue weighted by molar-refractivity contribution is 5.61. The Labute approximate surface area is 112 Å². The summed E-state index contributed by atoms with van der Waals surface area (Å²) in [5.41, 5.74) is 1.96. The first-order valence-corrected chi connectivity index (χ1v) is 5.92. The van der Waals surface area contributed by atoms with Gasteiger partial charge in [0.2, 0.25) is 0 Å². The summed E-state index contributed by atoms with van der Waals surface area (Å²) in [6, 6.07) is 11.8. The summed E-state index contributed by atoms with van der Waals surface area (Å²) in [4.78, 5) is 10.6. The van der Waals surface area contributed by atoms with Crippen molar-refractivity contribution >= 4 is 5.82 Å². The number of nitriles is 1. The minimum absolute atomic E-state index is 0.309. The molecule has 0 atom stereocenters. The van der Waals surface area contributed by atoms with Gasteiger partial charge in [0.1, 0.15) is 6.07 Å². The van der Waals surface area contributed by atoms with Crippen LogP contribution in [0, 0.1) is 11.3 Å². The van der Waals surface area contributed by atoms with Gasteiger partial charge in [-0.1, -0.05) is 30.3 Å². The van der Waals surface area contributed by atoms with Crippen molar-refractivity contribution in [2.24, 2.45) is 0 Å². The number of hydrogen-bond donors (Lipinski definition) is 1. The molecule has 1 heterocycles.